The number of carbonyl (C=O) groups is 1. The Morgan fingerprint density at radius 2 is 1.86 bits per heavy atom. The smallest absolute Gasteiger partial charge is 0.253 e. The van der Waals surface area contributed by atoms with Crippen LogP contribution in [0.15, 0.2) is 18.2 Å². The van der Waals surface area contributed by atoms with Crippen LogP contribution >= 0.6 is 23.2 Å². The Bertz CT molecular complexity index is 680. The second-order valence-corrected chi connectivity index (χ2v) is 6.15. The van der Waals surface area contributed by atoms with E-state index in [4.69, 9.17) is 31.4 Å². The Morgan fingerprint density at radius 1 is 1.19 bits per heavy atom. The number of likely N-dealkylation sites (N-methyl/N-ethyl adjacent to an activating group) is 2. The second kappa shape index (κ2) is 6.99. The van der Waals surface area contributed by atoms with Crippen LogP contribution in [0.25, 0.3) is 0 Å². The lowest BCUT2D eigenvalue weighted by molar-refractivity contribution is 0.0544. The van der Waals surface area contributed by atoms with E-state index in [0.717, 1.165) is 6.42 Å². The number of hydrogen-bond donors (Lipinski definition) is 0. The zero-order valence-electron chi connectivity index (χ0n) is 17.8. The molecule has 0 bridgehead atoms. The molecule has 21 heavy (non-hydrogen) atoms. The summed E-state index contributed by atoms with van der Waals surface area (Å²) < 4.78 is 46.2. The van der Waals surface area contributed by atoms with E-state index in [1.807, 2.05) is 0 Å². The van der Waals surface area contributed by atoms with Gasteiger partial charge in [-0.2, -0.15) is 0 Å². The number of amides is 1. The molecule has 0 heterocycles. The van der Waals surface area contributed by atoms with Crippen LogP contribution in [0.1, 0.15) is 44.3 Å². The normalized spacial score (nSPS) is 27.8. The lowest BCUT2D eigenvalue weighted by Gasteiger charge is -2.41. The average molecular weight is 335 g/mol. The fraction of sp³-hybridized carbons (Fsp3) is 0.562. The van der Waals surface area contributed by atoms with E-state index in [1.165, 1.54) is 23.1 Å². The lowest BCUT2D eigenvalue weighted by atomic mass is 9.88. The van der Waals surface area contributed by atoms with Gasteiger partial charge in [-0.3, -0.25) is 4.79 Å². The topological polar surface area (TPSA) is 23.6 Å². The quantitative estimate of drug-likeness (QED) is 0.835. The number of halogens is 2. The van der Waals surface area contributed by atoms with E-state index in [9.17, 15) is 4.79 Å². The third kappa shape index (κ3) is 3.71. The highest BCUT2D eigenvalue weighted by atomic mass is 35.5. The minimum atomic E-state index is -2.79. The van der Waals surface area contributed by atoms with E-state index < -0.39 is 26.0 Å². The molecule has 1 amide bonds. The van der Waals surface area contributed by atoms with E-state index in [0.29, 0.717) is 34.7 Å². The molecular formula is C16H22Cl2N2O. The van der Waals surface area contributed by atoms with Gasteiger partial charge in [-0.15, -0.1) is 0 Å². The van der Waals surface area contributed by atoms with Crippen molar-refractivity contribution in [2.45, 2.75) is 37.8 Å². The molecule has 0 radical (unpaired) electrons. The highest BCUT2D eigenvalue weighted by Crippen LogP contribution is 2.28. The summed E-state index contributed by atoms with van der Waals surface area (Å²) in [6, 6.07) is 3.17. The first-order valence-electron chi connectivity index (χ1n) is 9.85. The Morgan fingerprint density at radius 3 is 2.48 bits per heavy atom. The average Bonchev–Trinajstić information content (AvgIpc) is 2.54. The first kappa shape index (κ1) is 10.1. The molecule has 0 spiro atoms. The van der Waals surface area contributed by atoms with Crippen LogP contribution in [-0.2, 0) is 0 Å². The molecule has 1 saturated carbocycles. The number of rotatable bonds is 3. The summed E-state index contributed by atoms with van der Waals surface area (Å²) in [4.78, 5) is 14.9. The third-order valence-corrected chi connectivity index (χ3v) is 4.75. The summed E-state index contributed by atoms with van der Waals surface area (Å²) in [5.41, 5.74) is 0.311. The molecule has 0 aliphatic heterocycles. The maximum Gasteiger partial charge on any atom is 0.253 e. The van der Waals surface area contributed by atoms with E-state index in [2.05, 4.69) is 0 Å². The third-order valence-electron chi connectivity index (χ3n) is 4.01. The molecule has 0 aromatic heterocycles. The predicted molar refractivity (Wildman–Crippen MR) is 88.3 cm³/mol. The lowest BCUT2D eigenvalue weighted by Crippen LogP contribution is -2.51. The van der Waals surface area contributed by atoms with Crippen molar-refractivity contribution < 1.29 is 13.0 Å². The standard InChI is InChI=1S/C16H22Cl2N2O/c1-19(2)14-6-4-5-7-15(14)20(3)16(21)11-8-9-12(17)13(18)10-11/h8-10,14-15H,4-7H2,1-3H3/t14-,15-/m1/s1/i1D3,2D3. The monoisotopic (exact) mass is 334 g/mol. The molecule has 2 atom stereocenters. The van der Waals surface area contributed by atoms with E-state index >= 15 is 0 Å². The molecule has 1 aliphatic carbocycles. The van der Waals surface area contributed by atoms with Crippen molar-refractivity contribution in [3.8, 4) is 0 Å². The summed E-state index contributed by atoms with van der Waals surface area (Å²) in [5, 5.41) is 0.560. The molecule has 0 saturated heterocycles. The first-order valence-corrected chi connectivity index (χ1v) is 7.61. The SMILES string of the molecule is [2H]C([2H])([2H])N([C@@H]1CCCC[C@H]1N(C)C(=O)c1ccc(Cl)c(Cl)c1)C([2H])([2H])[2H]. The molecule has 5 heteroatoms. The summed E-state index contributed by atoms with van der Waals surface area (Å²) in [7, 11) is 1.56. The molecule has 2 rings (SSSR count). The van der Waals surface area contributed by atoms with Gasteiger partial charge >= 0.3 is 0 Å². The van der Waals surface area contributed by atoms with Gasteiger partial charge in [0.15, 0.2) is 0 Å². The zero-order valence-corrected chi connectivity index (χ0v) is 13.3. The van der Waals surface area contributed by atoms with Crippen LogP contribution in [0.4, 0.5) is 0 Å². The minimum absolute atomic E-state index is 0.239. The summed E-state index contributed by atoms with van der Waals surface area (Å²) in [6.07, 6.45) is 2.41. The molecule has 1 aromatic rings. The maximum atomic E-state index is 12.9. The first-order chi connectivity index (χ1) is 12.3. The fourth-order valence-electron chi connectivity index (χ4n) is 2.83. The van der Waals surface area contributed by atoms with Crippen LogP contribution in [-0.4, -0.2) is 48.8 Å². The molecule has 0 N–H and O–H groups in total. The molecule has 116 valence electrons. The van der Waals surface area contributed by atoms with Crippen molar-refractivity contribution in [2.24, 2.45) is 0 Å². The summed E-state index contributed by atoms with van der Waals surface area (Å²) >= 11 is 11.9. The van der Waals surface area contributed by atoms with Gasteiger partial charge in [0.25, 0.3) is 5.91 Å². The molecule has 3 nitrogen and oxygen atoms in total. The maximum absolute atomic E-state index is 12.9. The van der Waals surface area contributed by atoms with Gasteiger partial charge < -0.3 is 9.80 Å². The fourth-order valence-corrected chi connectivity index (χ4v) is 3.13. The van der Waals surface area contributed by atoms with Gasteiger partial charge in [-0.25, -0.2) is 0 Å². The number of nitrogens with zero attached hydrogens (tertiary/aromatic N) is 2. The van der Waals surface area contributed by atoms with Crippen LogP contribution in [0.5, 0.6) is 0 Å². The largest absolute Gasteiger partial charge is 0.337 e. The van der Waals surface area contributed by atoms with Crippen molar-refractivity contribution in [2.75, 3.05) is 21.0 Å². The van der Waals surface area contributed by atoms with Crippen molar-refractivity contribution in [1.82, 2.24) is 9.80 Å². The Balaban J connectivity index is 2.35. The highest BCUT2D eigenvalue weighted by Gasteiger charge is 2.32. The van der Waals surface area contributed by atoms with Crippen molar-refractivity contribution in [3.63, 3.8) is 0 Å². The van der Waals surface area contributed by atoms with Gasteiger partial charge in [-0.1, -0.05) is 36.0 Å². The van der Waals surface area contributed by atoms with Gasteiger partial charge in [-0.05, 0) is 45.0 Å². The minimum Gasteiger partial charge on any atom is -0.337 e. The summed E-state index contributed by atoms with van der Waals surface area (Å²) in [6.45, 7) is -5.59. The summed E-state index contributed by atoms with van der Waals surface area (Å²) in [5.74, 6) is -0.360. The van der Waals surface area contributed by atoms with Crippen molar-refractivity contribution >= 4 is 29.1 Å². The number of carbonyl (C=O) groups excluding carboxylic acids is 1. The second-order valence-electron chi connectivity index (χ2n) is 5.33. The van der Waals surface area contributed by atoms with Gasteiger partial charge in [0, 0.05) is 32.9 Å². The van der Waals surface area contributed by atoms with Gasteiger partial charge in [0.1, 0.15) is 0 Å². The number of hydrogen-bond acceptors (Lipinski definition) is 2. The molecular weight excluding hydrogens is 307 g/mol. The molecule has 1 aliphatic rings. The van der Waals surface area contributed by atoms with Gasteiger partial charge in [0.05, 0.1) is 10.0 Å². The molecule has 0 unspecified atom stereocenters. The van der Waals surface area contributed by atoms with Gasteiger partial charge in [0.2, 0.25) is 0 Å². The van der Waals surface area contributed by atoms with Crippen molar-refractivity contribution in [3.05, 3.63) is 33.8 Å². The van der Waals surface area contributed by atoms with Crippen LogP contribution in [0, 0.1) is 0 Å². The van der Waals surface area contributed by atoms with E-state index in [1.54, 1.807) is 7.05 Å². The van der Waals surface area contributed by atoms with Crippen LogP contribution in [0.2, 0.25) is 10.0 Å². The zero-order chi connectivity index (χ0) is 20.6. The number of benzene rings is 1. The Kier molecular flexibility index (Phi) is 3.36. The Labute approximate surface area is 145 Å². The predicted octanol–water partition coefficient (Wildman–Crippen LogP) is 3.94. The molecule has 1 fully saturated rings. The molecule has 1 aromatic carbocycles. The van der Waals surface area contributed by atoms with E-state index in [-0.39, 0.29) is 10.9 Å². The van der Waals surface area contributed by atoms with Crippen LogP contribution in [0.3, 0.4) is 0 Å². The van der Waals surface area contributed by atoms with Crippen molar-refractivity contribution in [1.29, 1.82) is 0 Å². The Hall–Kier alpha value is -0.770. The highest BCUT2D eigenvalue weighted by molar-refractivity contribution is 6.42. The van der Waals surface area contributed by atoms with Crippen LogP contribution < -0.4 is 0 Å².